The monoisotopic (exact) mass is 675 g/mol. The minimum atomic E-state index is -1.14. The molecule has 9 nitrogen and oxygen atoms in total. The van der Waals surface area contributed by atoms with Gasteiger partial charge >= 0.3 is 5.97 Å². The van der Waals surface area contributed by atoms with Crippen LogP contribution in [0.25, 0.3) is 0 Å². The summed E-state index contributed by atoms with van der Waals surface area (Å²) in [5.74, 6) is 2.49. The molecule has 0 aromatic carbocycles. The Morgan fingerprint density at radius 1 is 0.979 bits per heavy atom. The third kappa shape index (κ3) is 5.45. The van der Waals surface area contributed by atoms with Crippen LogP contribution in [0.3, 0.4) is 0 Å². The third-order valence-electron chi connectivity index (χ3n) is 15.7. The van der Waals surface area contributed by atoms with Gasteiger partial charge in [-0.25, -0.2) is 0 Å². The lowest BCUT2D eigenvalue weighted by atomic mass is 9.46. The lowest BCUT2D eigenvalue weighted by Gasteiger charge is -2.60. The first kappa shape index (κ1) is 35.6. The maximum absolute atomic E-state index is 12.3. The fraction of sp³-hybridized carbons (Fsp3) is 0.974. The van der Waals surface area contributed by atoms with Crippen molar-refractivity contribution in [2.45, 2.75) is 155 Å². The van der Waals surface area contributed by atoms with Crippen molar-refractivity contribution >= 4 is 5.97 Å². The maximum atomic E-state index is 12.3. The molecule has 3 aliphatic heterocycles. The highest BCUT2D eigenvalue weighted by Gasteiger charge is 2.80. The Morgan fingerprint density at radius 3 is 2.42 bits per heavy atom. The number of carbonyl (C=O) groups is 1. The van der Waals surface area contributed by atoms with Gasteiger partial charge in [0.25, 0.3) is 0 Å². The fourth-order valence-electron chi connectivity index (χ4n) is 13.3. The molecular formula is C39H65NO8. The summed E-state index contributed by atoms with van der Waals surface area (Å²) in [6.45, 7) is 17.2. The number of rotatable bonds is 7. The van der Waals surface area contributed by atoms with Gasteiger partial charge < -0.3 is 33.9 Å². The largest absolute Gasteiger partial charge is 0.457 e. The average molecular weight is 676 g/mol. The van der Waals surface area contributed by atoms with Crippen molar-refractivity contribution < 1.29 is 38.7 Å². The van der Waals surface area contributed by atoms with Crippen LogP contribution in [0.15, 0.2) is 0 Å². The Bertz CT molecular complexity index is 1180. The molecule has 9 heteroatoms. The summed E-state index contributed by atoms with van der Waals surface area (Å²) in [5, 5.41) is 18.0. The van der Waals surface area contributed by atoms with E-state index < -0.39 is 11.7 Å². The number of morpholine rings is 1. The molecule has 274 valence electrons. The Labute approximate surface area is 289 Å². The maximum Gasteiger partial charge on any atom is 0.305 e. The molecule has 0 bridgehead atoms. The summed E-state index contributed by atoms with van der Waals surface area (Å²) in [7, 11) is 1.00. The number of carbonyl (C=O) groups excluding carboxylic acids is 1. The van der Waals surface area contributed by atoms with Gasteiger partial charge in [-0.15, -0.1) is 0 Å². The molecular weight excluding hydrogens is 610 g/mol. The first-order valence-electron chi connectivity index (χ1n) is 19.4. The number of fused-ring (bicyclic) bond motifs is 4. The summed E-state index contributed by atoms with van der Waals surface area (Å²) >= 11 is 0. The van der Waals surface area contributed by atoms with Crippen molar-refractivity contribution in [1.29, 1.82) is 0 Å². The lowest BCUT2D eigenvalue weighted by molar-refractivity contribution is -0.253. The van der Waals surface area contributed by atoms with Gasteiger partial charge in [0.2, 0.25) is 0 Å². The Kier molecular flexibility index (Phi) is 9.41. The number of aliphatic hydroxyl groups excluding tert-OH is 1. The highest BCUT2D eigenvalue weighted by Crippen LogP contribution is 2.87. The van der Waals surface area contributed by atoms with Gasteiger partial charge in [-0.05, 0) is 123 Å². The molecule has 8 aliphatic rings. The number of nitrogens with zero attached hydrogens (tertiary/aromatic N) is 1. The van der Waals surface area contributed by atoms with E-state index in [-0.39, 0.29) is 36.0 Å². The Morgan fingerprint density at radius 2 is 1.73 bits per heavy atom. The van der Waals surface area contributed by atoms with Crippen LogP contribution in [0, 0.1) is 45.3 Å². The van der Waals surface area contributed by atoms with E-state index in [0.717, 1.165) is 71.6 Å². The summed E-state index contributed by atoms with van der Waals surface area (Å²) in [6, 6.07) is 0.536. The van der Waals surface area contributed by atoms with Gasteiger partial charge in [-0.3, -0.25) is 9.69 Å². The highest BCUT2D eigenvalue weighted by molar-refractivity contribution is 5.69. The standard InChI is InChI=1S/C38H61NO7.CH4O/c1-7-31(40)46-33(35(4,5)41)27-10-8-25-28(44-27)18-26-24-9-11-29-34(2,3)30(45-32-19-39(16-17-43-32)23-20-42-21-23)12-13-38(29)22-37(24,38)15-14-36(25,26)6;1-2/h23-30,32-33,41H,7-22H2,1-6H3;2H,1H3/t24?,25?,26?,27?,28?,29?,30-,32?,33-,36?,37-,38?;/m0./s1. The van der Waals surface area contributed by atoms with E-state index in [4.69, 9.17) is 28.8 Å². The first-order valence-corrected chi connectivity index (χ1v) is 19.4. The molecule has 3 saturated heterocycles. The summed E-state index contributed by atoms with van der Waals surface area (Å²) in [6.07, 6.45) is 12.1. The molecule has 8 fully saturated rings. The molecule has 9 unspecified atom stereocenters. The van der Waals surface area contributed by atoms with Crippen molar-refractivity contribution in [3.8, 4) is 0 Å². The minimum Gasteiger partial charge on any atom is -0.457 e. The second-order valence-electron chi connectivity index (χ2n) is 18.4. The number of hydrogen-bond donors (Lipinski definition) is 2. The van der Waals surface area contributed by atoms with Gasteiger partial charge in [0.05, 0.1) is 56.3 Å². The summed E-state index contributed by atoms with van der Waals surface area (Å²) in [5.41, 5.74) is 0.285. The van der Waals surface area contributed by atoms with Crippen LogP contribution in [0.4, 0.5) is 0 Å². The second-order valence-corrected chi connectivity index (χ2v) is 18.4. The first-order chi connectivity index (χ1) is 22.8. The zero-order valence-corrected chi connectivity index (χ0v) is 30.9. The SMILES string of the molecule is CCC(=O)O[C@@H](C1CCC2C(CC3C4CCC5C(C)(C)[C@@H](OC6CN(C7COC7)CCO6)CCC56C[C@@]46CCC23C)O1)C(C)(C)O.CO. The Hall–Kier alpha value is -0.810. The van der Waals surface area contributed by atoms with Crippen LogP contribution in [-0.2, 0) is 28.5 Å². The van der Waals surface area contributed by atoms with E-state index in [1.165, 1.54) is 38.5 Å². The number of ether oxygens (including phenoxy) is 5. The number of hydrogen-bond acceptors (Lipinski definition) is 9. The fourth-order valence-corrected chi connectivity index (χ4v) is 13.3. The zero-order chi connectivity index (χ0) is 34.3. The van der Waals surface area contributed by atoms with Crippen molar-refractivity contribution in [3.63, 3.8) is 0 Å². The number of esters is 1. The predicted octanol–water partition coefficient (Wildman–Crippen LogP) is 5.34. The van der Waals surface area contributed by atoms with Crippen LogP contribution in [0.5, 0.6) is 0 Å². The summed E-state index contributed by atoms with van der Waals surface area (Å²) < 4.78 is 31.3. The predicted molar refractivity (Wildman–Crippen MR) is 181 cm³/mol. The van der Waals surface area contributed by atoms with Gasteiger partial charge in [-0.2, -0.15) is 0 Å². The highest BCUT2D eigenvalue weighted by atomic mass is 16.7. The topological polar surface area (TPSA) is 107 Å². The van der Waals surface area contributed by atoms with Crippen molar-refractivity contribution in [1.82, 2.24) is 4.90 Å². The molecule has 5 saturated carbocycles. The van der Waals surface area contributed by atoms with Crippen LogP contribution < -0.4 is 0 Å². The van der Waals surface area contributed by atoms with Crippen LogP contribution in [0.2, 0.25) is 0 Å². The molecule has 2 spiro atoms. The van der Waals surface area contributed by atoms with Gasteiger partial charge in [0, 0.05) is 20.1 Å². The quantitative estimate of drug-likeness (QED) is 0.346. The van der Waals surface area contributed by atoms with Crippen LogP contribution >= 0.6 is 0 Å². The van der Waals surface area contributed by atoms with Crippen LogP contribution in [-0.4, -0.2) is 103 Å². The second kappa shape index (κ2) is 12.7. The average Bonchev–Trinajstić information content (AvgIpc) is 3.60. The van der Waals surface area contributed by atoms with Crippen molar-refractivity contribution in [2.24, 2.45) is 45.3 Å². The third-order valence-corrected chi connectivity index (χ3v) is 15.7. The summed E-state index contributed by atoms with van der Waals surface area (Å²) in [4.78, 5) is 14.8. The molecule has 12 atom stereocenters. The van der Waals surface area contributed by atoms with E-state index in [9.17, 15) is 9.90 Å². The molecule has 0 aromatic heterocycles. The molecule has 8 rings (SSSR count). The van der Waals surface area contributed by atoms with Crippen LogP contribution in [0.1, 0.15) is 112 Å². The normalized spacial score (nSPS) is 47.0. The Balaban J connectivity index is 0.00000179. The number of aliphatic hydroxyl groups is 2. The molecule has 0 amide bonds. The van der Waals surface area contributed by atoms with Gasteiger partial charge in [0.1, 0.15) is 0 Å². The molecule has 0 aromatic rings. The van der Waals surface area contributed by atoms with E-state index >= 15 is 0 Å². The molecule has 3 heterocycles. The molecule has 5 aliphatic carbocycles. The van der Waals surface area contributed by atoms with Crippen molar-refractivity contribution in [2.75, 3.05) is 40.0 Å². The van der Waals surface area contributed by atoms with Gasteiger partial charge in [0.15, 0.2) is 12.4 Å². The van der Waals surface area contributed by atoms with E-state index in [1.807, 2.05) is 6.92 Å². The lowest BCUT2D eigenvalue weighted by Crippen LogP contribution is -2.58. The van der Waals surface area contributed by atoms with Crippen molar-refractivity contribution in [3.05, 3.63) is 0 Å². The molecule has 2 N–H and O–H groups in total. The smallest absolute Gasteiger partial charge is 0.305 e. The van der Waals surface area contributed by atoms with Gasteiger partial charge in [-0.1, -0.05) is 27.7 Å². The molecule has 0 radical (unpaired) electrons. The molecule has 48 heavy (non-hydrogen) atoms. The minimum absolute atomic E-state index is 0.125. The zero-order valence-electron chi connectivity index (χ0n) is 30.9. The van der Waals surface area contributed by atoms with E-state index in [2.05, 4.69) is 25.7 Å². The van der Waals surface area contributed by atoms with E-state index in [0.29, 0.717) is 46.5 Å². The van der Waals surface area contributed by atoms with E-state index in [1.54, 1.807) is 13.8 Å².